The predicted octanol–water partition coefficient (Wildman–Crippen LogP) is 3.77. The number of carbonyl (C=O) groups is 1. The molecular weight excluding hydrogens is 364 g/mol. The molecule has 0 atom stereocenters. The van der Waals surface area contributed by atoms with Crippen molar-refractivity contribution in [2.24, 2.45) is 5.92 Å². The normalized spacial score (nSPS) is 18.1. The Morgan fingerprint density at radius 3 is 2.52 bits per heavy atom. The predicted molar refractivity (Wildman–Crippen MR) is 103 cm³/mol. The fourth-order valence-electron chi connectivity index (χ4n) is 3.45. The van der Waals surface area contributed by atoms with Crippen LogP contribution in [0.2, 0.25) is 0 Å². The number of hydrogen-bond donors (Lipinski definition) is 1. The highest BCUT2D eigenvalue weighted by Gasteiger charge is 2.30. The Hall–Kier alpha value is -2.38. The molecule has 0 saturated carbocycles. The molecule has 2 aromatic carbocycles. The highest BCUT2D eigenvalue weighted by Crippen LogP contribution is 2.37. The lowest BCUT2D eigenvalue weighted by Crippen LogP contribution is -2.37. The van der Waals surface area contributed by atoms with E-state index in [0.29, 0.717) is 36.2 Å². The molecular formula is C20H22N2O4S. The minimum absolute atomic E-state index is 0.122. The van der Waals surface area contributed by atoms with Gasteiger partial charge in [0.25, 0.3) is 5.91 Å². The first-order valence-electron chi connectivity index (χ1n) is 9.08. The maximum atomic E-state index is 13.0. The monoisotopic (exact) mass is 386 g/mol. The van der Waals surface area contributed by atoms with Crippen LogP contribution in [0.25, 0.3) is 0 Å². The summed E-state index contributed by atoms with van der Waals surface area (Å²) in [6.07, 6.45) is 1.70. The number of aryl methyl sites for hydroxylation is 1. The molecule has 1 fully saturated rings. The van der Waals surface area contributed by atoms with Crippen molar-refractivity contribution in [3.05, 3.63) is 47.5 Å². The second-order valence-corrected chi connectivity index (χ2v) is 9.24. The van der Waals surface area contributed by atoms with E-state index in [1.165, 1.54) is 16.4 Å². The molecule has 7 heteroatoms. The third-order valence-electron chi connectivity index (χ3n) is 5.18. The van der Waals surface area contributed by atoms with E-state index in [4.69, 9.17) is 4.74 Å². The Bertz CT molecular complexity index is 1010. The van der Waals surface area contributed by atoms with Crippen LogP contribution in [0, 0.1) is 12.8 Å². The summed E-state index contributed by atoms with van der Waals surface area (Å²) in [4.78, 5) is 12.8. The number of fused-ring (bicyclic) bond motifs is 2. The van der Waals surface area contributed by atoms with Crippen molar-refractivity contribution < 1.29 is 17.9 Å². The van der Waals surface area contributed by atoms with Crippen LogP contribution in [-0.2, 0) is 10.0 Å². The molecule has 1 N–H and O–H groups in total. The van der Waals surface area contributed by atoms with Crippen LogP contribution >= 0.6 is 0 Å². The van der Waals surface area contributed by atoms with Gasteiger partial charge in [-0.1, -0.05) is 13.0 Å². The fraction of sp³-hybridized carbons (Fsp3) is 0.350. The van der Waals surface area contributed by atoms with Gasteiger partial charge < -0.3 is 10.1 Å². The van der Waals surface area contributed by atoms with Crippen LogP contribution in [0.4, 0.5) is 5.69 Å². The van der Waals surface area contributed by atoms with E-state index in [2.05, 4.69) is 12.2 Å². The number of benzene rings is 2. The summed E-state index contributed by atoms with van der Waals surface area (Å²) in [7, 11) is -3.63. The molecule has 0 aromatic heterocycles. The lowest BCUT2D eigenvalue weighted by molar-refractivity contribution is 0.102. The molecule has 0 radical (unpaired) electrons. The maximum Gasteiger partial charge on any atom is 0.259 e. The number of nitrogens with one attached hydrogen (secondary N) is 1. The molecule has 1 saturated heterocycles. The van der Waals surface area contributed by atoms with Crippen molar-refractivity contribution in [1.82, 2.24) is 4.31 Å². The topological polar surface area (TPSA) is 75.7 Å². The summed E-state index contributed by atoms with van der Waals surface area (Å²) >= 11 is 0. The van der Waals surface area contributed by atoms with Gasteiger partial charge in [0.05, 0.1) is 16.1 Å². The van der Waals surface area contributed by atoms with E-state index >= 15 is 0 Å². The molecule has 0 aliphatic carbocycles. The number of piperidine rings is 1. The third-order valence-corrected chi connectivity index (χ3v) is 7.07. The van der Waals surface area contributed by atoms with Crippen LogP contribution in [0.5, 0.6) is 11.5 Å². The summed E-state index contributed by atoms with van der Waals surface area (Å²) in [5.41, 5.74) is 1.78. The fourth-order valence-corrected chi connectivity index (χ4v) is 4.95. The van der Waals surface area contributed by atoms with Crippen LogP contribution in [0.3, 0.4) is 0 Å². The van der Waals surface area contributed by atoms with Crippen molar-refractivity contribution in [1.29, 1.82) is 0 Å². The average Bonchev–Trinajstić information content (AvgIpc) is 2.77. The lowest BCUT2D eigenvalue weighted by atomic mass is 10.0. The molecule has 2 heterocycles. The standard InChI is InChI=1S/C20H22N2O4S/c1-13-7-9-22(10-8-13)27(24,25)15-4-6-18-16(12-15)20(23)21-17-11-14(2)3-5-19(17)26-18/h3-6,11-13H,7-10H2,1-2H3,(H,21,23). The SMILES string of the molecule is Cc1ccc2c(c1)NC(=O)c1cc(S(=O)(=O)N3CCC(C)CC3)ccc1O2. The summed E-state index contributed by atoms with van der Waals surface area (Å²) in [6, 6.07) is 10.00. The van der Waals surface area contributed by atoms with Crippen LogP contribution in [0.1, 0.15) is 35.7 Å². The minimum atomic E-state index is -3.63. The number of carbonyl (C=O) groups excluding carboxylic acids is 1. The second-order valence-electron chi connectivity index (χ2n) is 7.30. The third kappa shape index (κ3) is 3.33. The first-order valence-corrected chi connectivity index (χ1v) is 10.5. The van der Waals surface area contributed by atoms with E-state index in [1.54, 1.807) is 12.1 Å². The van der Waals surface area contributed by atoms with Gasteiger partial charge in [0, 0.05) is 13.1 Å². The van der Waals surface area contributed by atoms with E-state index in [9.17, 15) is 13.2 Å². The number of ether oxygens (including phenoxy) is 1. The molecule has 0 bridgehead atoms. The van der Waals surface area contributed by atoms with Crippen molar-refractivity contribution in [3.8, 4) is 11.5 Å². The molecule has 27 heavy (non-hydrogen) atoms. The molecule has 0 spiro atoms. The van der Waals surface area contributed by atoms with Gasteiger partial charge in [-0.3, -0.25) is 4.79 Å². The highest BCUT2D eigenvalue weighted by molar-refractivity contribution is 7.89. The lowest BCUT2D eigenvalue weighted by Gasteiger charge is -2.29. The molecule has 2 aliphatic heterocycles. The van der Waals surface area contributed by atoms with Crippen molar-refractivity contribution in [3.63, 3.8) is 0 Å². The summed E-state index contributed by atoms with van der Waals surface area (Å²) in [5.74, 6) is 1.04. The van der Waals surface area contributed by atoms with Gasteiger partial charge in [-0.25, -0.2) is 8.42 Å². The molecule has 4 rings (SSSR count). The first-order chi connectivity index (χ1) is 12.8. The Kier molecular flexibility index (Phi) is 4.44. The van der Waals surface area contributed by atoms with Crippen molar-refractivity contribution in [2.45, 2.75) is 31.6 Å². The van der Waals surface area contributed by atoms with Gasteiger partial charge in [0.15, 0.2) is 5.75 Å². The second kappa shape index (κ2) is 6.65. The summed E-state index contributed by atoms with van der Waals surface area (Å²) < 4.78 is 33.3. The van der Waals surface area contributed by atoms with Crippen LogP contribution in [-0.4, -0.2) is 31.7 Å². The van der Waals surface area contributed by atoms with Crippen molar-refractivity contribution >= 4 is 21.6 Å². The van der Waals surface area contributed by atoms with E-state index in [-0.39, 0.29) is 16.4 Å². The molecule has 0 unspecified atom stereocenters. The Balaban J connectivity index is 1.69. The number of rotatable bonds is 2. The van der Waals surface area contributed by atoms with Gasteiger partial charge in [-0.05, 0) is 61.6 Å². The van der Waals surface area contributed by atoms with Crippen LogP contribution in [0.15, 0.2) is 41.3 Å². The molecule has 1 amide bonds. The Morgan fingerprint density at radius 2 is 1.78 bits per heavy atom. The first kappa shape index (κ1) is 18.0. The van der Waals surface area contributed by atoms with E-state index < -0.39 is 10.0 Å². The molecule has 2 aliphatic rings. The summed E-state index contributed by atoms with van der Waals surface area (Å²) in [6.45, 7) is 5.07. The minimum Gasteiger partial charge on any atom is -0.454 e. The zero-order chi connectivity index (χ0) is 19.2. The van der Waals surface area contributed by atoms with Gasteiger partial charge in [-0.2, -0.15) is 4.31 Å². The van der Waals surface area contributed by atoms with E-state index in [0.717, 1.165) is 18.4 Å². The average molecular weight is 386 g/mol. The number of hydrogen-bond acceptors (Lipinski definition) is 4. The Morgan fingerprint density at radius 1 is 1.07 bits per heavy atom. The smallest absolute Gasteiger partial charge is 0.259 e. The molecule has 2 aromatic rings. The Labute approximate surface area is 159 Å². The zero-order valence-electron chi connectivity index (χ0n) is 15.4. The van der Waals surface area contributed by atoms with Crippen molar-refractivity contribution in [2.75, 3.05) is 18.4 Å². The largest absolute Gasteiger partial charge is 0.454 e. The molecule has 142 valence electrons. The maximum absolute atomic E-state index is 13.0. The van der Waals surface area contributed by atoms with Gasteiger partial charge in [0.2, 0.25) is 10.0 Å². The number of amides is 1. The van der Waals surface area contributed by atoms with Gasteiger partial charge >= 0.3 is 0 Å². The quantitative estimate of drug-likeness (QED) is 0.852. The van der Waals surface area contributed by atoms with Crippen LogP contribution < -0.4 is 10.1 Å². The number of anilines is 1. The van der Waals surface area contributed by atoms with Gasteiger partial charge in [0.1, 0.15) is 5.75 Å². The summed E-state index contributed by atoms with van der Waals surface area (Å²) in [5, 5.41) is 2.81. The van der Waals surface area contributed by atoms with Gasteiger partial charge in [-0.15, -0.1) is 0 Å². The van der Waals surface area contributed by atoms with E-state index in [1.807, 2.05) is 19.1 Å². The number of sulfonamides is 1. The highest BCUT2D eigenvalue weighted by atomic mass is 32.2. The number of nitrogens with zero attached hydrogens (tertiary/aromatic N) is 1. The zero-order valence-corrected chi connectivity index (χ0v) is 16.2. The molecule has 6 nitrogen and oxygen atoms in total.